The fraction of sp³-hybridized carbons (Fsp3) is 0.136. The number of hydrogen-bond acceptors (Lipinski definition) is 6. The van der Waals surface area contributed by atoms with Crippen molar-refractivity contribution in [2.45, 2.75) is 19.3 Å². The van der Waals surface area contributed by atoms with E-state index >= 15 is 0 Å². The standard InChI is InChI=1S/C22H19FN4O3/c1-14(21(28)29)27-13-25-19(20(27)15-7-9-16(23)10-8-15)18-11-12-24-22(26-18)30-17-5-3-2-4-6-17/h2-14,21,28-29H,1H3. The lowest BCUT2D eigenvalue weighted by molar-refractivity contribution is -0.0726. The predicted molar refractivity (Wildman–Crippen MR) is 108 cm³/mol. The molecule has 0 spiro atoms. The SMILES string of the molecule is CC(C(O)O)n1cnc(-c2ccnc(Oc3ccccc3)n2)c1-c1ccc(F)cc1. The van der Waals surface area contributed by atoms with Crippen molar-refractivity contribution in [2.75, 3.05) is 0 Å². The average Bonchev–Trinajstić information content (AvgIpc) is 3.19. The first-order chi connectivity index (χ1) is 14.5. The van der Waals surface area contributed by atoms with Gasteiger partial charge in [-0.1, -0.05) is 18.2 Å². The van der Waals surface area contributed by atoms with Gasteiger partial charge >= 0.3 is 6.01 Å². The minimum atomic E-state index is -1.60. The Hall–Kier alpha value is -3.62. The lowest BCUT2D eigenvalue weighted by Gasteiger charge is -2.19. The molecule has 2 N–H and O–H groups in total. The van der Waals surface area contributed by atoms with Crippen LogP contribution in [0.15, 0.2) is 73.2 Å². The summed E-state index contributed by atoms with van der Waals surface area (Å²) in [7, 11) is 0. The summed E-state index contributed by atoms with van der Waals surface area (Å²) < 4.78 is 20.8. The Balaban J connectivity index is 1.79. The molecule has 2 aromatic heterocycles. The highest BCUT2D eigenvalue weighted by atomic mass is 19.1. The van der Waals surface area contributed by atoms with Crippen LogP contribution < -0.4 is 4.74 Å². The number of para-hydroxylation sites is 1. The first-order valence-electron chi connectivity index (χ1n) is 9.28. The number of imidazole rings is 1. The second-order valence-electron chi connectivity index (χ2n) is 6.65. The van der Waals surface area contributed by atoms with Gasteiger partial charge in [-0.05, 0) is 49.4 Å². The molecule has 0 saturated carbocycles. The second kappa shape index (κ2) is 8.40. The first-order valence-corrected chi connectivity index (χ1v) is 9.28. The minimum absolute atomic E-state index is 0.147. The fourth-order valence-electron chi connectivity index (χ4n) is 3.01. The predicted octanol–water partition coefficient (Wildman–Crippen LogP) is 3.81. The Morgan fingerprint density at radius 3 is 2.40 bits per heavy atom. The number of hydrogen-bond donors (Lipinski definition) is 2. The van der Waals surface area contributed by atoms with Crippen LogP contribution >= 0.6 is 0 Å². The van der Waals surface area contributed by atoms with E-state index in [0.717, 1.165) is 0 Å². The van der Waals surface area contributed by atoms with Gasteiger partial charge in [-0.2, -0.15) is 4.98 Å². The maximum atomic E-state index is 13.5. The summed E-state index contributed by atoms with van der Waals surface area (Å²) in [6.07, 6.45) is 1.45. The molecule has 0 saturated heterocycles. The first kappa shape index (κ1) is 19.7. The zero-order valence-corrected chi connectivity index (χ0v) is 16.1. The monoisotopic (exact) mass is 406 g/mol. The number of benzene rings is 2. The van der Waals surface area contributed by atoms with Crippen LogP contribution in [0, 0.1) is 5.82 Å². The van der Waals surface area contributed by atoms with Gasteiger partial charge in [0.05, 0.1) is 23.8 Å². The Kier molecular flexibility index (Phi) is 5.51. The quantitative estimate of drug-likeness (QED) is 0.473. The molecule has 2 aromatic carbocycles. The molecule has 1 atom stereocenters. The summed E-state index contributed by atoms with van der Waals surface area (Å²) in [5.41, 5.74) is 2.18. The minimum Gasteiger partial charge on any atom is -0.424 e. The van der Waals surface area contributed by atoms with Gasteiger partial charge < -0.3 is 19.5 Å². The molecule has 0 radical (unpaired) electrons. The number of aliphatic hydroxyl groups excluding tert-OH is 1. The van der Waals surface area contributed by atoms with E-state index < -0.39 is 12.3 Å². The van der Waals surface area contributed by atoms with Crippen LogP contribution in [0.1, 0.15) is 13.0 Å². The van der Waals surface area contributed by atoms with Gasteiger partial charge in [0.2, 0.25) is 0 Å². The van der Waals surface area contributed by atoms with Crippen molar-refractivity contribution in [1.29, 1.82) is 0 Å². The maximum absolute atomic E-state index is 13.5. The number of rotatable bonds is 6. The number of halogens is 1. The maximum Gasteiger partial charge on any atom is 0.322 e. The van der Waals surface area contributed by atoms with Crippen molar-refractivity contribution in [2.24, 2.45) is 0 Å². The highest BCUT2D eigenvalue weighted by molar-refractivity contribution is 5.77. The highest BCUT2D eigenvalue weighted by Gasteiger charge is 2.22. The Bertz CT molecular complexity index is 1130. The molecular formula is C22H19FN4O3. The molecule has 0 aliphatic rings. The van der Waals surface area contributed by atoms with Gasteiger partial charge in [-0.3, -0.25) is 0 Å². The average molecular weight is 406 g/mol. The summed E-state index contributed by atoms with van der Waals surface area (Å²) in [4.78, 5) is 13.0. The molecule has 7 nitrogen and oxygen atoms in total. The van der Waals surface area contributed by atoms with Gasteiger partial charge in [0.25, 0.3) is 0 Å². The summed E-state index contributed by atoms with van der Waals surface area (Å²) in [5, 5.41) is 19.4. The molecule has 0 aliphatic heterocycles. The van der Waals surface area contributed by atoms with E-state index in [1.165, 1.54) is 18.5 Å². The molecule has 4 rings (SSSR count). The topological polar surface area (TPSA) is 93.3 Å². The lowest BCUT2D eigenvalue weighted by atomic mass is 10.1. The smallest absolute Gasteiger partial charge is 0.322 e. The Morgan fingerprint density at radius 1 is 0.967 bits per heavy atom. The van der Waals surface area contributed by atoms with Crippen molar-refractivity contribution in [3.05, 3.63) is 79.0 Å². The van der Waals surface area contributed by atoms with E-state index in [1.54, 1.807) is 48.0 Å². The number of ether oxygens (including phenoxy) is 1. The van der Waals surface area contributed by atoms with Gasteiger partial charge in [0.15, 0.2) is 6.29 Å². The van der Waals surface area contributed by atoms with E-state index in [2.05, 4.69) is 15.0 Å². The third-order valence-corrected chi connectivity index (χ3v) is 4.61. The van der Waals surface area contributed by atoms with E-state index in [9.17, 15) is 14.6 Å². The Morgan fingerprint density at radius 2 is 1.70 bits per heavy atom. The van der Waals surface area contributed by atoms with Crippen LogP contribution in [-0.2, 0) is 0 Å². The summed E-state index contributed by atoms with van der Waals surface area (Å²) >= 11 is 0. The molecule has 0 bridgehead atoms. The third kappa shape index (κ3) is 4.05. The number of aliphatic hydroxyl groups is 2. The second-order valence-corrected chi connectivity index (χ2v) is 6.65. The van der Waals surface area contributed by atoms with E-state index in [-0.39, 0.29) is 11.8 Å². The van der Waals surface area contributed by atoms with Crippen LogP contribution in [0.3, 0.4) is 0 Å². The highest BCUT2D eigenvalue weighted by Crippen LogP contribution is 2.33. The molecule has 0 fully saturated rings. The molecule has 1 unspecified atom stereocenters. The van der Waals surface area contributed by atoms with E-state index in [1.807, 2.05) is 18.2 Å². The summed E-state index contributed by atoms with van der Waals surface area (Å²) in [6.45, 7) is 1.65. The van der Waals surface area contributed by atoms with Crippen LogP contribution in [-0.4, -0.2) is 36.0 Å². The van der Waals surface area contributed by atoms with Crippen molar-refractivity contribution < 1.29 is 19.3 Å². The normalized spacial score (nSPS) is 12.2. The number of nitrogens with zero attached hydrogens (tertiary/aromatic N) is 4. The zero-order chi connectivity index (χ0) is 21.1. The van der Waals surface area contributed by atoms with Crippen molar-refractivity contribution in [3.63, 3.8) is 0 Å². The third-order valence-electron chi connectivity index (χ3n) is 4.61. The van der Waals surface area contributed by atoms with Crippen molar-refractivity contribution >= 4 is 0 Å². The van der Waals surface area contributed by atoms with Crippen molar-refractivity contribution in [1.82, 2.24) is 19.5 Å². The van der Waals surface area contributed by atoms with E-state index in [0.29, 0.717) is 28.4 Å². The van der Waals surface area contributed by atoms with Gasteiger partial charge in [-0.25, -0.2) is 14.4 Å². The fourth-order valence-corrected chi connectivity index (χ4v) is 3.01. The van der Waals surface area contributed by atoms with E-state index in [4.69, 9.17) is 4.74 Å². The van der Waals surface area contributed by atoms with Gasteiger partial charge in [0.1, 0.15) is 17.3 Å². The molecule has 0 aliphatic carbocycles. The molecule has 0 amide bonds. The molecule has 30 heavy (non-hydrogen) atoms. The largest absolute Gasteiger partial charge is 0.424 e. The molecular weight excluding hydrogens is 387 g/mol. The lowest BCUT2D eigenvalue weighted by Crippen LogP contribution is -2.21. The van der Waals surface area contributed by atoms with Crippen LogP contribution in [0.2, 0.25) is 0 Å². The molecule has 4 aromatic rings. The molecule has 8 heteroatoms. The van der Waals surface area contributed by atoms with Crippen LogP contribution in [0.25, 0.3) is 22.6 Å². The summed E-state index contributed by atoms with van der Waals surface area (Å²) in [5.74, 6) is 0.221. The molecule has 2 heterocycles. The number of aromatic nitrogens is 4. The summed E-state index contributed by atoms with van der Waals surface area (Å²) in [6, 6.07) is 16.2. The van der Waals surface area contributed by atoms with Crippen LogP contribution in [0.4, 0.5) is 4.39 Å². The van der Waals surface area contributed by atoms with Gasteiger partial charge in [-0.15, -0.1) is 0 Å². The Labute approximate surface area is 172 Å². The molecule has 152 valence electrons. The zero-order valence-electron chi connectivity index (χ0n) is 16.1. The van der Waals surface area contributed by atoms with Gasteiger partial charge in [0, 0.05) is 11.8 Å². The van der Waals surface area contributed by atoms with Crippen molar-refractivity contribution in [3.8, 4) is 34.4 Å². The van der Waals surface area contributed by atoms with Crippen LogP contribution in [0.5, 0.6) is 11.8 Å².